The lowest BCUT2D eigenvalue weighted by molar-refractivity contribution is -0.120. The summed E-state index contributed by atoms with van der Waals surface area (Å²) in [6, 6.07) is 26.1. The summed E-state index contributed by atoms with van der Waals surface area (Å²) in [6.45, 7) is 2.32. The maximum absolute atomic E-state index is 13.2. The number of hydrogen-bond acceptors (Lipinski definition) is 5. The van der Waals surface area contributed by atoms with E-state index in [1.807, 2.05) is 54.6 Å². The summed E-state index contributed by atoms with van der Waals surface area (Å²) in [5.74, 6) is 2.83. The van der Waals surface area contributed by atoms with Gasteiger partial charge in [-0.05, 0) is 71.5 Å². The third-order valence-corrected chi connectivity index (χ3v) is 6.93. The average molecular weight is 521 g/mol. The summed E-state index contributed by atoms with van der Waals surface area (Å²) in [5.41, 5.74) is 3.97. The number of furan rings is 1. The molecule has 4 aromatic rings. The molecule has 6 rings (SSSR count). The third-order valence-electron chi connectivity index (χ3n) is 6.63. The molecule has 1 aliphatic carbocycles. The summed E-state index contributed by atoms with van der Waals surface area (Å²) >= 11 is 4.35. The summed E-state index contributed by atoms with van der Waals surface area (Å²) in [6.07, 6.45) is 4.92. The number of aryl methyl sites for hydroxylation is 1. The molecule has 0 radical (unpaired) electrons. The molecule has 0 saturated heterocycles. The summed E-state index contributed by atoms with van der Waals surface area (Å²) < 4.78 is 15.9. The van der Waals surface area contributed by atoms with Gasteiger partial charge in [-0.3, -0.25) is 4.79 Å². The Morgan fingerprint density at radius 3 is 2.27 bits per heavy atom. The quantitative estimate of drug-likeness (QED) is 0.343. The Balaban J connectivity index is 0.000000369. The van der Waals surface area contributed by atoms with E-state index in [4.69, 9.17) is 13.9 Å². The minimum absolute atomic E-state index is 0. The number of ether oxygens (including phenoxy) is 2. The molecule has 6 nitrogen and oxygen atoms in total. The highest BCUT2D eigenvalue weighted by Crippen LogP contribution is 2.51. The fourth-order valence-electron chi connectivity index (χ4n) is 4.43. The Hall–Kier alpha value is -3.52. The van der Waals surface area contributed by atoms with Crippen molar-refractivity contribution in [2.45, 2.75) is 42.9 Å². The first-order valence-electron chi connectivity index (χ1n) is 11.9. The SMILES string of the molecule is CCc1ccco1.O.O.O=C(Cc1cccc(-c2ccc(S)cc2)c1)C1(c2ccc3c(c2)OCO3)CC1. The molecular weight excluding hydrogens is 488 g/mol. The van der Waals surface area contributed by atoms with Crippen molar-refractivity contribution in [2.24, 2.45) is 0 Å². The van der Waals surface area contributed by atoms with Gasteiger partial charge in [0.1, 0.15) is 11.5 Å². The average Bonchev–Trinajstić information content (AvgIpc) is 3.28. The molecule has 1 fully saturated rings. The minimum Gasteiger partial charge on any atom is -0.469 e. The standard InChI is InChI=1S/C24H20O3S.C6H8O.2H2O/c25-23(24(10-11-24)19-6-9-21-22(14-19)27-15-26-21)13-16-2-1-3-18(12-16)17-4-7-20(28)8-5-17;1-2-6-4-3-5-7-6;;/h1-9,12,14,28H,10-11,13,15H2;3-5H,2H2,1H3;2*1H2. The number of carbonyl (C=O) groups is 1. The highest BCUT2D eigenvalue weighted by atomic mass is 32.1. The highest BCUT2D eigenvalue weighted by Gasteiger charge is 2.50. The number of hydrogen-bond donors (Lipinski definition) is 1. The van der Waals surface area contributed by atoms with Crippen LogP contribution in [-0.2, 0) is 23.1 Å². The van der Waals surface area contributed by atoms with E-state index in [1.54, 1.807) is 6.26 Å². The van der Waals surface area contributed by atoms with Gasteiger partial charge in [-0.1, -0.05) is 49.4 Å². The fraction of sp³-hybridized carbons (Fsp3) is 0.233. The zero-order valence-electron chi connectivity index (χ0n) is 20.7. The maximum atomic E-state index is 13.2. The molecule has 0 spiro atoms. The van der Waals surface area contributed by atoms with E-state index in [0.29, 0.717) is 6.42 Å². The lowest BCUT2D eigenvalue weighted by atomic mass is 9.87. The van der Waals surface area contributed by atoms with E-state index in [0.717, 1.165) is 63.7 Å². The molecule has 0 amide bonds. The van der Waals surface area contributed by atoms with Gasteiger partial charge in [-0.15, -0.1) is 12.6 Å². The second kappa shape index (κ2) is 12.1. The normalized spacial score (nSPS) is 13.9. The largest absolute Gasteiger partial charge is 0.469 e. The number of ketones is 1. The molecule has 194 valence electrons. The molecule has 1 saturated carbocycles. The summed E-state index contributed by atoms with van der Waals surface area (Å²) in [5, 5.41) is 0. The van der Waals surface area contributed by atoms with E-state index in [1.165, 1.54) is 0 Å². The Morgan fingerprint density at radius 1 is 0.865 bits per heavy atom. The second-order valence-corrected chi connectivity index (χ2v) is 9.45. The number of thiol groups is 1. The Kier molecular flexibility index (Phi) is 9.21. The van der Waals surface area contributed by atoms with Gasteiger partial charge in [0.05, 0.1) is 11.7 Å². The van der Waals surface area contributed by atoms with Crippen LogP contribution in [0.2, 0.25) is 0 Å². The van der Waals surface area contributed by atoms with Crippen LogP contribution in [0.4, 0.5) is 0 Å². The van der Waals surface area contributed by atoms with Gasteiger partial charge in [0.25, 0.3) is 0 Å². The van der Waals surface area contributed by atoms with Gasteiger partial charge < -0.3 is 24.8 Å². The second-order valence-electron chi connectivity index (χ2n) is 8.93. The predicted molar refractivity (Wildman–Crippen MR) is 147 cm³/mol. The molecule has 1 aromatic heterocycles. The molecule has 4 N–H and O–H groups in total. The van der Waals surface area contributed by atoms with E-state index in [2.05, 4.69) is 43.8 Å². The molecule has 0 atom stereocenters. The summed E-state index contributed by atoms with van der Waals surface area (Å²) in [7, 11) is 0. The molecule has 3 aromatic carbocycles. The van der Waals surface area contributed by atoms with Crippen LogP contribution in [0.1, 0.15) is 36.7 Å². The van der Waals surface area contributed by atoms with Crippen LogP contribution in [-0.4, -0.2) is 23.5 Å². The van der Waals surface area contributed by atoms with Crippen LogP contribution in [0.5, 0.6) is 11.5 Å². The van der Waals surface area contributed by atoms with Crippen molar-refractivity contribution in [2.75, 3.05) is 6.79 Å². The first-order chi connectivity index (χ1) is 17.1. The van der Waals surface area contributed by atoms with Crippen LogP contribution in [0.3, 0.4) is 0 Å². The number of Topliss-reactive ketones (excluding diaryl/α,β-unsaturated/α-hetero) is 1. The molecule has 0 bridgehead atoms. The maximum Gasteiger partial charge on any atom is 0.231 e. The van der Waals surface area contributed by atoms with E-state index in [9.17, 15) is 4.79 Å². The van der Waals surface area contributed by atoms with Crippen molar-refractivity contribution in [1.29, 1.82) is 0 Å². The van der Waals surface area contributed by atoms with Crippen LogP contribution in [0.15, 0.2) is 94.4 Å². The molecule has 2 aliphatic rings. The first kappa shape index (κ1) is 28.1. The van der Waals surface area contributed by atoms with Gasteiger partial charge in [0.15, 0.2) is 11.5 Å². The highest BCUT2D eigenvalue weighted by molar-refractivity contribution is 7.80. The molecule has 7 heteroatoms. The minimum atomic E-state index is -0.370. The lowest BCUT2D eigenvalue weighted by Gasteiger charge is -2.15. The number of rotatable bonds is 6. The van der Waals surface area contributed by atoms with Crippen LogP contribution in [0.25, 0.3) is 11.1 Å². The van der Waals surface area contributed by atoms with Crippen LogP contribution in [0, 0.1) is 0 Å². The zero-order chi connectivity index (χ0) is 24.3. The predicted octanol–water partition coefficient (Wildman–Crippen LogP) is 5.41. The topological polar surface area (TPSA) is 112 Å². The summed E-state index contributed by atoms with van der Waals surface area (Å²) in [4.78, 5) is 14.1. The van der Waals surface area contributed by atoms with Crippen molar-refractivity contribution in [3.63, 3.8) is 0 Å². The van der Waals surface area contributed by atoms with Gasteiger partial charge in [0.2, 0.25) is 6.79 Å². The van der Waals surface area contributed by atoms with Crippen molar-refractivity contribution in [3.8, 4) is 22.6 Å². The molecular formula is C30H32O6S. The molecule has 2 heterocycles. The van der Waals surface area contributed by atoms with E-state index in [-0.39, 0.29) is 28.9 Å². The number of benzene rings is 3. The van der Waals surface area contributed by atoms with Gasteiger partial charge >= 0.3 is 0 Å². The van der Waals surface area contributed by atoms with Crippen molar-refractivity contribution in [3.05, 3.63) is 102 Å². The molecule has 1 aliphatic heterocycles. The Morgan fingerprint density at radius 2 is 1.62 bits per heavy atom. The van der Waals surface area contributed by atoms with Crippen molar-refractivity contribution in [1.82, 2.24) is 0 Å². The van der Waals surface area contributed by atoms with Crippen molar-refractivity contribution >= 4 is 18.4 Å². The molecule has 0 unspecified atom stereocenters. The van der Waals surface area contributed by atoms with Crippen LogP contribution >= 0.6 is 12.6 Å². The number of fused-ring (bicyclic) bond motifs is 1. The van der Waals surface area contributed by atoms with Crippen LogP contribution < -0.4 is 9.47 Å². The number of carbonyl (C=O) groups excluding carboxylic acids is 1. The Bertz CT molecular complexity index is 1310. The smallest absolute Gasteiger partial charge is 0.231 e. The van der Waals surface area contributed by atoms with Crippen molar-refractivity contribution < 1.29 is 29.6 Å². The van der Waals surface area contributed by atoms with E-state index < -0.39 is 0 Å². The lowest BCUT2D eigenvalue weighted by Crippen LogP contribution is -2.22. The third kappa shape index (κ3) is 6.25. The Labute approximate surface area is 222 Å². The first-order valence-corrected chi connectivity index (χ1v) is 12.4. The molecule has 37 heavy (non-hydrogen) atoms. The van der Waals surface area contributed by atoms with Gasteiger partial charge in [-0.25, -0.2) is 0 Å². The van der Waals surface area contributed by atoms with Gasteiger partial charge in [-0.2, -0.15) is 0 Å². The zero-order valence-corrected chi connectivity index (χ0v) is 21.6. The monoisotopic (exact) mass is 520 g/mol. The fourth-order valence-corrected chi connectivity index (χ4v) is 4.58. The van der Waals surface area contributed by atoms with Gasteiger partial charge in [0, 0.05) is 17.7 Å². The van der Waals surface area contributed by atoms with E-state index >= 15 is 0 Å².